The van der Waals surface area contributed by atoms with Crippen LogP contribution in [-0.4, -0.2) is 30.8 Å². The molecule has 7 nitrogen and oxygen atoms in total. The van der Waals surface area contributed by atoms with Crippen LogP contribution in [0, 0.1) is 0 Å². The molecule has 4 aromatic rings. The molecule has 0 aliphatic rings. The number of hydrogen-bond acceptors (Lipinski definition) is 6. The van der Waals surface area contributed by atoms with Gasteiger partial charge >= 0.3 is 0 Å². The van der Waals surface area contributed by atoms with E-state index in [4.69, 9.17) is 12.2 Å². The molecule has 1 amide bonds. The molecular weight excluding hydrogens is 440 g/mol. The Kier molecular flexibility index (Phi) is 6.03. The molecule has 0 spiro atoms. The third kappa shape index (κ3) is 4.68. The molecule has 2 N–H and O–H groups in total. The molecule has 0 fully saturated rings. The van der Waals surface area contributed by atoms with Gasteiger partial charge in [-0.15, -0.1) is 10.2 Å². The lowest BCUT2D eigenvalue weighted by atomic mass is 9.87. The number of carbonyl (C=O) groups is 1. The van der Waals surface area contributed by atoms with E-state index in [2.05, 4.69) is 46.7 Å². The van der Waals surface area contributed by atoms with Crippen molar-refractivity contribution in [3.05, 3.63) is 65.5 Å². The van der Waals surface area contributed by atoms with Gasteiger partial charge < -0.3 is 5.32 Å². The number of amides is 1. The van der Waals surface area contributed by atoms with Crippen LogP contribution in [0.15, 0.2) is 48.5 Å². The summed E-state index contributed by atoms with van der Waals surface area (Å²) in [6.07, 6.45) is 0.775. The Balaban J connectivity index is 1.39. The van der Waals surface area contributed by atoms with Crippen molar-refractivity contribution in [2.24, 2.45) is 0 Å². The first-order chi connectivity index (χ1) is 15.2. The van der Waals surface area contributed by atoms with Crippen molar-refractivity contribution in [2.75, 3.05) is 5.32 Å². The van der Waals surface area contributed by atoms with Crippen molar-refractivity contribution in [1.82, 2.24) is 25.1 Å². The fourth-order valence-electron chi connectivity index (χ4n) is 3.15. The lowest BCUT2D eigenvalue weighted by molar-refractivity contribution is 0.0977. The number of aryl methyl sites for hydroxylation is 1. The van der Waals surface area contributed by atoms with Crippen LogP contribution < -0.4 is 10.6 Å². The van der Waals surface area contributed by atoms with Crippen LogP contribution in [0.5, 0.6) is 0 Å². The summed E-state index contributed by atoms with van der Waals surface area (Å²) >= 11 is 6.80. The lowest BCUT2D eigenvalue weighted by Gasteiger charge is -2.19. The number of anilines is 1. The number of nitrogens with one attached hydrogen (secondary N) is 2. The Hall–Kier alpha value is -3.17. The second-order valence-corrected chi connectivity index (χ2v) is 9.75. The van der Waals surface area contributed by atoms with E-state index in [1.165, 1.54) is 16.9 Å². The average molecular weight is 465 g/mol. The topological polar surface area (TPSA) is 84.2 Å². The smallest absolute Gasteiger partial charge is 0.257 e. The number of thiocarbonyl (C=S) groups is 1. The van der Waals surface area contributed by atoms with E-state index in [9.17, 15) is 4.79 Å². The van der Waals surface area contributed by atoms with Crippen LogP contribution in [-0.2, 0) is 11.8 Å². The summed E-state index contributed by atoms with van der Waals surface area (Å²) in [4.78, 5) is 13.3. The van der Waals surface area contributed by atoms with Gasteiger partial charge in [0.2, 0.25) is 4.96 Å². The second kappa shape index (κ2) is 8.76. The molecule has 0 saturated carbocycles. The van der Waals surface area contributed by atoms with Gasteiger partial charge in [0, 0.05) is 23.2 Å². The maximum Gasteiger partial charge on any atom is 0.257 e. The molecule has 0 aliphatic heterocycles. The Morgan fingerprint density at radius 1 is 1.06 bits per heavy atom. The summed E-state index contributed by atoms with van der Waals surface area (Å²) in [7, 11) is 0. The third-order valence-corrected chi connectivity index (χ3v) is 6.15. The highest BCUT2D eigenvalue weighted by atomic mass is 32.1. The molecule has 0 radical (unpaired) electrons. The molecule has 0 bridgehead atoms. The molecule has 4 rings (SSSR count). The zero-order valence-electron chi connectivity index (χ0n) is 18.3. The number of fused-ring (bicyclic) bond motifs is 1. The molecule has 0 atom stereocenters. The Morgan fingerprint density at radius 2 is 1.75 bits per heavy atom. The predicted molar refractivity (Wildman–Crippen MR) is 132 cm³/mol. The highest BCUT2D eigenvalue weighted by molar-refractivity contribution is 7.80. The van der Waals surface area contributed by atoms with E-state index in [1.807, 2.05) is 55.5 Å². The maximum absolute atomic E-state index is 12.5. The molecule has 0 unspecified atom stereocenters. The minimum Gasteiger partial charge on any atom is -0.332 e. The number of nitrogens with zero attached hydrogens (tertiary/aromatic N) is 4. The minimum atomic E-state index is -0.244. The van der Waals surface area contributed by atoms with Crippen LogP contribution in [0.1, 0.15) is 49.4 Å². The molecule has 32 heavy (non-hydrogen) atoms. The van der Waals surface area contributed by atoms with Crippen LogP contribution in [0.4, 0.5) is 5.69 Å². The monoisotopic (exact) mass is 464 g/mol. The fraction of sp³-hybridized carbons (Fsp3) is 0.261. The van der Waals surface area contributed by atoms with E-state index in [0.29, 0.717) is 5.56 Å². The molecule has 0 saturated heterocycles. The minimum absolute atomic E-state index is 0.0378. The molecule has 2 heterocycles. The molecule has 2 aromatic carbocycles. The number of carbonyl (C=O) groups excluding carboxylic acids is 1. The quantitative estimate of drug-likeness (QED) is 0.421. The largest absolute Gasteiger partial charge is 0.332 e. The van der Waals surface area contributed by atoms with E-state index in [-0.39, 0.29) is 16.4 Å². The molecule has 164 valence electrons. The van der Waals surface area contributed by atoms with Gasteiger partial charge in [0.1, 0.15) is 5.01 Å². The number of rotatable bonds is 4. The summed E-state index contributed by atoms with van der Waals surface area (Å²) in [5.74, 6) is 0.598. The van der Waals surface area contributed by atoms with Crippen molar-refractivity contribution in [3.63, 3.8) is 0 Å². The van der Waals surface area contributed by atoms with E-state index in [1.54, 1.807) is 4.52 Å². The number of benzene rings is 2. The predicted octanol–water partition coefficient (Wildman–Crippen LogP) is 4.84. The first-order valence-electron chi connectivity index (χ1n) is 10.3. The summed E-state index contributed by atoms with van der Waals surface area (Å²) in [5.41, 5.74) is 3.52. The van der Waals surface area contributed by atoms with E-state index in [0.717, 1.165) is 33.5 Å². The van der Waals surface area contributed by atoms with Crippen LogP contribution in [0.2, 0.25) is 0 Å². The average Bonchev–Trinajstić information content (AvgIpc) is 3.34. The van der Waals surface area contributed by atoms with Crippen LogP contribution >= 0.6 is 23.6 Å². The maximum atomic E-state index is 12.5. The van der Waals surface area contributed by atoms with Crippen molar-refractivity contribution >= 4 is 45.2 Å². The third-order valence-electron chi connectivity index (χ3n) is 5.00. The molecule has 9 heteroatoms. The summed E-state index contributed by atoms with van der Waals surface area (Å²) < 4.78 is 1.78. The zero-order chi connectivity index (χ0) is 22.9. The SMILES string of the molecule is CCc1nnc2sc(-c3ccc(NC(=S)NC(=O)c4ccc(C(C)(C)C)cc4)cc3)nn12. The lowest BCUT2D eigenvalue weighted by Crippen LogP contribution is -2.34. The van der Waals surface area contributed by atoms with Gasteiger partial charge in [-0.1, -0.05) is 51.2 Å². The first-order valence-corrected chi connectivity index (χ1v) is 11.5. The Labute approximate surface area is 195 Å². The van der Waals surface area contributed by atoms with Gasteiger partial charge in [-0.25, -0.2) is 0 Å². The van der Waals surface area contributed by atoms with Crippen molar-refractivity contribution in [2.45, 2.75) is 39.5 Å². The van der Waals surface area contributed by atoms with Gasteiger partial charge in [0.25, 0.3) is 5.91 Å². The highest BCUT2D eigenvalue weighted by Crippen LogP contribution is 2.27. The van der Waals surface area contributed by atoms with Gasteiger partial charge in [0.15, 0.2) is 10.9 Å². The number of aromatic nitrogens is 4. The molecule has 0 aliphatic carbocycles. The summed E-state index contributed by atoms with van der Waals surface area (Å²) in [6, 6.07) is 15.3. The summed E-state index contributed by atoms with van der Waals surface area (Å²) in [6.45, 7) is 8.44. The highest BCUT2D eigenvalue weighted by Gasteiger charge is 2.15. The standard InChI is InChI=1S/C23H24N6OS2/c1-5-18-26-27-22-29(18)28-20(32-22)15-8-12-17(13-9-15)24-21(31)25-19(30)14-6-10-16(11-7-14)23(2,3)4/h6-13H,5H2,1-4H3,(H2,24,25,30,31). The Bertz CT molecular complexity index is 1270. The van der Waals surface area contributed by atoms with Crippen molar-refractivity contribution in [1.29, 1.82) is 0 Å². The number of hydrogen-bond donors (Lipinski definition) is 2. The zero-order valence-corrected chi connectivity index (χ0v) is 20.0. The first kappa shape index (κ1) is 22.0. The summed E-state index contributed by atoms with van der Waals surface area (Å²) in [5, 5.41) is 19.8. The van der Waals surface area contributed by atoms with Gasteiger partial charge in [-0.3, -0.25) is 10.1 Å². The van der Waals surface area contributed by atoms with E-state index >= 15 is 0 Å². The van der Waals surface area contributed by atoms with Crippen molar-refractivity contribution < 1.29 is 4.79 Å². The molecule has 2 aromatic heterocycles. The van der Waals surface area contributed by atoms with Crippen molar-refractivity contribution in [3.8, 4) is 10.6 Å². The molecular formula is C23H24N6OS2. The van der Waals surface area contributed by atoms with Crippen LogP contribution in [0.25, 0.3) is 15.5 Å². The Morgan fingerprint density at radius 3 is 2.38 bits per heavy atom. The van der Waals surface area contributed by atoms with Gasteiger partial charge in [-0.2, -0.15) is 9.61 Å². The van der Waals surface area contributed by atoms with Gasteiger partial charge in [-0.05, 0) is 59.6 Å². The fourth-order valence-corrected chi connectivity index (χ4v) is 4.22. The van der Waals surface area contributed by atoms with E-state index < -0.39 is 0 Å². The normalized spacial score (nSPS) is 11.5. The van der Waals surface area contributed by atoms with Gasteiger partial charge in [0.05, 0.1) is 0 Å². The van der Waals surface area contributed by atoms with Crippen LogP contribution in [0.3, 0.4) is 0 Å². The second-order valence-electron chi connectivity index (χ2n) is 8.38.